The molecule has 2 aromatic carbocycles. The molecule has 0 aliphatic rings. The number of alkyl halides is 6. The summed E-state index contributed by atoms with van der Waals surface area (Å²) >= 11 is 5.69. The molecule has 0 saturated heterocycles. The van der Waals surface area contributed by atoms with E-state index in [0.717, 1.165) is 18.6 Å². The standard InChI is InChI=1S/C21H17ClF6N2O2/c1-2-3-8-32-16-7-5-12(15-10-17(30-29-15)21(26,27)28)19(31)18(16)11-4-6-14(22)13(9-11)20(23,24)25/h4-7,9-10,31H,2-3,8H2,1H3,(H,29,30). The molecule has 0 radical (unpaired) electrons. The van der Waals surface area contributed by atoms with Crippen molar-refractivity contribution in [3.63, 3.8) is 0 Å². The monoisotopic (exact) mass is 478 g/mol. The second-order valence-corrected chi connectivity index (χ2v) is 7.30. The largest absolute Gasteiger partial charge is 0.506 e. The number of aromatic hydroxyl groups is 1. The zero-order valence-electron chi connectivity index (χ0n) is 16.5. The van der Waals surface area contributed by atoms with Crippen molar-refractivity contribution in [1.82, 2.24) is 10.2 Å². The number of H-pyrrole nitrogens is 1. The molecular weight excluding hydrogens is 462 g/mol. The van der Waals surface area contributed by atoms with Gasteiger partial charge in [0.25, 0.3) is 0 Å². The number of benzene rings is 2. The van der Waals surface area contributed by atoms with Crippen molar-refractivity contribution in [2.75, 3.05) is 6.61 Å². The van der Waals surface area contributed by atoms with Crippen LogP contribution in [0.4, 0.5) is 26.3 Å². The van der Waals surface area contributed by atoms with Crippen molar-refractivity contribution < 1.29 is 36.2 Å². The van der Waals surface area contributed by atoms with Crippen molar-refractivity contribution in [2.45, 2.75) is 32.1 Å². The molecule has 2 N–H and O–H groups in total. The number of phenolic OH excluding ortho intramolecular Hbond substituents is 1. The zero-order chi connectivity index (χ0) is 23.7. The van der Waals surface area contributed by atoms with E-state index in [-0.39, 0.29) is 34.7 Å². The van der Waals surface area contributed by atoms with E-state index in [4.69, 9.17) is 16.3 Å². The molecule has 0 spiro atoms. The summed E-state index contributed by atoms with van der Waals surface area (Å²) in [7, 11) is 0. The highest BCUT2D eigenvalue weighted by Gasteiger charge is 2.35. The van der Waals surface area contributed by atoms with Gasteiger partial charge in [-0.1, -0.05) is 31.0 Å². The van der Waals surface area contributed by atoms with Crippen LogP contribution in [0.5, 0.6) is 11.5 Å². The Balaban J connectivity index is 2.18. The Morgan fingerprint density at radius 2 is 1.75 bits per heavy atom. The van der Waals surface area contributed by atoms with Gasteiger partial charge < -0.3 is 9.84 Å². The molecule has 1 aromatic heterocycles. The van der Waals surface area contributed by atoms with Crippen LogP contribution in [0.25, 0.3) is 22.4 Å². The lowest BCUT2D eigenvalue weighted by atomic mass is 9.97. The van der Waals surface area contributed by atoms with Gasteiger partial charge in [0.1, 0.15) is 11.5 Å². The number of unbranched alkanes of at least 4 members (excludes halogenated alkanes) is 1. The first-order valence-corrected chi connectivity index (χ1v) is 9.80. The molecule has 0 aliphatic carbocycles. The predicted octanol–water partition coefficient (Wildman–Crippen LogP) is 7.32. The molecule has 172 valence electrons. The Labute approximate surface area is 183 Å². The van der Waals surface area contributed by atoms with Crippen LogP contribution in [0.2, 0.25) is 5.02 Å². The van der Waals surface area contributed by atoms with Gasteiger partial charge in [0.15, 0.2) is 5.69 Å². The lowest BCUT2D eigenvalue weighted by Crippen LogP contribution is -2.06. The third-order valence-corrected chi connectivity index (χ3v) is 4.94. The Bertz CT molecular complexity index is 1110. The van der Waals surface area contributed by atoms with Gasteiger partial charge in [0.2, 0.25) is 0 Å². The third-order valence-electron chi connectivity index (χ3n) is 4.61. The number of nitrogens with one attached hydrogen (secondary N) is 1. The fourth-order valence-corrected chi connectivity index (χ4v) is 3.24. The van der Waals surface area contributed by atoms with Crippen molar-refractivity contribution >= 4 is 11.6 Å². The molecule has 0 fully saturated rings. The average Bonchev–Trinajstić information content (AvgIpc) is 3.19. The Morgan fingerprint density at radius 3 is 2.34 bits per heavy atom. The molecule has 0 saturated carbocycles. The minimum absolute atomic E-state index is 0.0665. The number of halogens is 7. The van der Waals surface area contributed by atoms with Gasteiger partial charge >= 0.3 is 12.4 Å². The molecule has 3 aromatic rings. The number of nitrogens with zero attached hydrogens (tertiary/aromatic N) is 1. The first-order chi connectivity index (χ1) is 14.9. The molecule has 1 heterocycles. The van der Waals surface area contributed by atoms with Gasteiger partial charge in [-0.2, -0.15) is 31.4 Å². The van der Waals surface area contributed by atoms with Crippen LogP contribution in [0.3, 0.4) is 0 Å². The maximum atomic E-state index is 13.4. The first-order valence-electron chi connectivity index (χ1n) is 9.42. The number of aromatic amines is 1. The molecular formula is C21H17ClF6N2O2. The van der Waals surface area contributed by atoms with Gasteiger partial charge in [-0.3, -0.25) is 5.10 Å². The summed E-state index contributed by atoms with van der Waals surface area (Å²) in [4.78, 5) is 0. The predicted molar refractivity (Wildman–Crippen MR) is 107 cm³/mol. The summed E-state index contributed by atoms with van der Waals surface area (Å²) in [6, 6.07) is 6.41. The van der Waals surface area contributed by atoms with Crippen molar-refractivity contribution in [3.8, 4) is 33.9 Å². The maximum Gasteiger partial charge on any atom is 0.435 e. The third kappa shape index (κ3) is 4.95. The average molecular weight is 479 g/mol. The number of ether oxygens (including phenoxy) is 1. The Hall–Kier alpha value is -2.88. The van der Waals surface area contributed by atoms with E-state index in [1.807, 2.05) is 6.92 Å². The quantitative estimate of drug-likeness (QED) is 0.288. The van der Waals surface area contributed by atoms with E-state index in [2.05, 4.69) is 10.2 Å². The lowest BCUT2D eigenvalue weighted by molar-refractivity contribution is -0.141. The molecule has 0 amide bonds. The van der Waals surface area contributed by atoms with E-state index >= 15 is 0 Å². The first kappa shape index (κ1) is 23.8. The van der Waals surface area contributed by atoms with Gasteiger partial charge in [0.05, 0.1) is 28.5 Å². The van der Waals surface area contributed by atoms with E-state index in [0.29, 0.717) is 12.5 Å². The van der Waals surface area contributed by atoms with E-state index in [9.17, 15) is 31.4 Å². The smallest absolute Gasteiger partial charge is 0.435 e. The summed E-state index contributed by atoms with van der Waals surface area (Å²) in [5.74, 6) is -0.488. The molecule has 4 nitrogen and oxygen atoms in total. The number of rotatable bonds is 6. The van der Waals surface area contributed by atoms with Gasteiger partial charge in [-0.15, -0.1) is 0 Å². The number of hydrogen-bond donors (Lipinski definition) is 2. The van der Waals surface area contributed by atoms with Crippen molar-refractivity contribution in [2.24, 2.45) is 0 Å². The molecule has 0 aliphatic heterocycles. The molecule has 0 atom stereocenters. The van der Waals surface area contributed by atoms with Gasteiger partial charge in [-0.25, -0.2) is 0 Å². The van der Waals surface area contributed by atoms with Crippen LogP contribution in [0.15, 0.2) is 36.4 Å². The summed E-state index contributed by atoms with van der Waals surface area (Å²) < 4.78 is 84.4. The van der Waals surface area contributed by atoms with E-state index < -0.39 is 34.4 Å². The van der Waals surface area contributed by atoms with Crippen LogP contribution in [0.1, 0.15) is 31.0 Å². The van der Waals surface area contributed by atoms with Crippen LogP contribution in [0, 0.1) is 0 Å². The minimum atomic E-state index is -4.76. The topological polar surface area (TPSA) is 58.1 Å². The molecule has 0 bridgehead atoms. The summed E-state index contributed by atoms with van der Waals surface area (Å²) in [5.41, 5.74) is -2.76. The maximum absolute atomic E-state index is 13.4. The summed E-state index contributed by atoms with van der Waals surface area (Å²) in [6.07, 6.45) is -8.04. The number of phenols is 1. The van der Waals surface area contributed by atoms with Crippen LogP contribution >= 0.6 is 11.6 Å². The highest BCUT2D eigenvalue weighted by atomic mass is 35.5. The van der Waals surface area contributed by atoms with E-state index in [1.165, 1.54) is 18.2 Å². The van der Waals surface area contributed by atoms with Gasteiger partial charge in [0, 0.05) is 5.56 Å². The van der Waals surface area contributed by atoms with Crippen LogP contribution in [-0.2, 0) is 12.4 Å². The van der Waals surface area contributed by atoms with Crippen molar-refractivity contribution in [3.05, 3.63) is 52.7 Å². The zero-order valence-corrected chi connectivity index (χ0v) is 17.3. The molecule has 0 unspecified atom stereocenters. The number of aromatic nitrogens is 2. The molecule has 11 heteroatoms. The number of hydrogen-bond acceptors (Lipinski definition) is 3. The van der Waals surface area contributed by atoms with Crippen molar-refractivity contribution in [1.29, 1.82) is 0 Å². The lowest BCUT2D eigenvalue weighted by Gasteiger charge is -2.17. The Morgan fingerprint density at radius 1 is 1.03 bits per heavy atom. The summed E-state index contributed by atoms with van der Waals surface area (Å²) in [5, 5.41) is 15.7. The summed E-state index contributed by atoms with van der Waals surface area (Å²) in [6.45, 7) is 2.14. The highest BCUT2D eigenvalue weighted by molar-refractivity contribution is 6.31. The SMILES string of the molecule is CCCCOc1ccc(-c2cc(C(F)(F)F)n[nH]2)c(O)c1-c1ccc(Cl)c(C(F)(F)F)c1. The van der Waals surface area contributed by atoms with Crippen LogP contribution in [-0.4, -0.2) is 21.9 Å². The fraction of sp³-hybridized carbons (Fsp3) is 0.286. The van der Waals surface area contributed by atoms with E-state index in [1.54, 1.807) is 0 Å². The Kier molecular flexibility index (Phi) is 6.64. The normalized spacial score (nSPS) is 12.2. The minimum Gasteiger partial charge on any atom is -0.506 e. The fourth-order valence-electron chi connectivity index (χ4n) is 3.02. The highest BCUT2D eigenvalue weighted by Crippen LogP contribution is 2.46. The second-order valence-electron chi connectivity index (χ2n) is 6.89. The molecule has 3 rings (SSSR count). The second kappa shape index (κ2) is 8.93. The van der Waals surface area contributed by atoms with Gasteiger partial charge in [-0.05, 0) is 42.3 Å². The van der Waals surface area contributed by atoms with Crippen LogP contribution < -0.4 is 4.74 Å². The molecule has 32 heavy (non-hydrogen) atoms.